The summed E-state index contributed by atoms with van der Waals surface area (Å²) in [5.41, 5.74) is 2.59. The van der Waals surface area contributed by atoms with Gasteiger partial charge in [-0.3, -0.25) is 0 Å². The van der Waals surface area contributed by atoms with E-state index in [1.54, 1.807) is 0 Å². The summed E-state index contributed by atoms with van der Waals surface area (Å²) in [6.45, 7) is 6.22. The first kappa shape index (κ1) is 21.7. The first-order chi connectivity index (χ1) is 10.3. The first-order valence-corrected chi connectivity index (χ1v) is 9.24. The molecule has 0 nitrogen and oxygen atoms in total. The molecule has 22 heavy (non-hydrogen) atoms. The van der Waals surface area contributed by atoms with Gasteiger partial charge in [0.1, 0.15) is 0 Å². The second kappa shape index (κ2) is 15.6. The molecule has 0 aliphatic carbocycles. The monoisotopic (exact) mass is 294 g/mol. The average Bonchev–Trinajstić information content (AvgIpc) is 2.50. The van der Waals surface area contributed by atoms with Crippen molar-refractivity contribution in [1.82, 2.24) is 0 Å². The van der Waals surface area contributed by atoms with Gasteiger partial charge in [-0.2, -0.15) is 24.6 Å². The summed E-state index contributed by atoms with van der Waals surface area (Å²) in [6.07, 6.45) is 18.3. The second-order valence-electron chi connectivity index (χ2n) is 6.46. The fourth-order valence-electron chi connectivity index (χ4n) is 2.88. The van der Waals surface area contributed by atoms with Crippen LogP contribution in [-0.4, -0.2) is 0 Å². The van der Waals surface area contributed by atoms with E-state index in [1.165, 1.54) is 89.0 Å². The van der Waals surface area contributed by atoms with Gasteiger partial charge >= 0.3 is 18.9 Å². The molecule has 1 rings (SSSR count). The molecule has 0 aliphatic rings. The standard InChI is InChI=1S/C21H35.Li/c1-3-4-5-6-7-8-9-10-11-12-13-14-15-21-18-16-20(2)17-19-21;/h16-19H,2-15H2,1H3;/q-1;+1. The van der Waals surface area contributed by atoms with Crippen molar-refractivity contribution in [3.8, 4) is 0 Å². The van der Waals surface area contributed by atoms with E-state index in [4.69, 9.17) is 0 Å². The molecule has 120 valence electrons. The van der Waals surface area contributed by atoms with Gasteiger partial charge in [0.05, 0.1) is 0 Å². The van der Waals surface area contributed by atoms with Crippen LogP contribution in [0.25, 0.3) is 0 Å². The van der Waals surface area contributed by atoms with Crippen molar-refractivity contribution in [2.75, 3.05) is 0 Å². The van der Waals surface area contributed by atoms with Crippen molar-refractivity contribution in [1.29, 1.82) is 0 Å². The van der Waals surface area contributed by atoms with Crippen LogP contribution in [0.2, 0.25) is 0 Å². The van der Waals surface area contributed by atoms with E-state index in [-0.39, 0.29) is 18.9 Å². The van der Waals surface area contributed by atoms with Crippen LogP contribution in [0.15, 0.2) is 24.3 Å². The van der Waals surface area contributed by atoms with Gasteiger partial charge in [-0.15, -0.1) is 12.1 Å². The molecule has 0 fully saturated rings. The predicted octanol–water partition coefficient (Wildman–Crippen LogP) is 4.12. The van der Waals surface area contributed by atoms with E-state index in [1.807, 2.05) is 0 Å². The van der Waals surface area contributed by atoms with Crippen LogP contribution in [0.1, 0.15) is 95.1 Å². The number of hydrogen-bond acceptors (Lipinski definition) is 0. The minimum Gasteiger partial charge on any atom is -0.199 e. The second-order valence-corrected chi connectivity index (χ2v) is 6.46. The maximum atomic E-state index is 3.93. The van der Waals surface area contributed by atoms with Gasteiger partial charge in [-0.05, 0) is 12.8 Å². The zero-order chi connectivity index (χ0) is 15.2. The minimum atomic E-state index is 0. The normalized spacial score (nSPS) is 10.4. The summed E-state index contributed by atoms with van der Waals surface area (Å²) >= 11 is 0. The molecule has 0 aromatic heterocycles. The van der Waals surface area contributed by atoms with Crippen LogP contribution < -0.4 is 18.9 Å². The minimum absolute atomic E-state index is 0. The Balaban J connectivity index is 0.00000441. The van der Waals surface area contributed by atoms with Gasteiger partial charge in [-0.25, -0.2) is 0 Å². The molecule has 0 radical (unpaired) electrons. The zero-order valence-electron chi connectivity index (χ0n) is 15.2. The molecule has 0 bridgehead atoms. The zero-order valence-corrected chi connectivity index (χ0v) is 15.2. The van der Waals surface area contributed by atoms with E-state index < -0.39 is 0 Å². The summed E-state index contributed by atoms with van der Waals surface area (Å²) < 4.78 is 0. The quantitative estimate of drug-likeness (QED) is 0.292. The third-order valence-electron chi connectivity index (χ3n) is 4.34. The van der Waals surface area contributed by atoms with Crippen LogP contribution in [0.3, 0.4) is 0 Å². The van der Waals surface area contributed by atoms with Crippen LogP contribution in [-0.2, 0) is 6.42 Å². The van der Waals surface area contributed by atoms with Crippen molar-refractivity contribution in [2.45, 2.75) is 90.4 Å². The van der Waals surface area contributed by atoms with Crippen molar-refractivity contribution < 1.29 is 18.9 Å². The number of aryl methyl sites for hydroxylation is 1. The number of hydrogen-bond donors (Lipinski definition) is 0. The number of rotatable bonds is 13. The molecular weight excluding hydrogens is 259 g/mol. The Labute approximate surface area is 151 Å². The van der Waals surface area contributed by atoms with E-state index in [0.717, 1.165) is 5.56 Å². The van der Waals surface area contributed by atoms with Crippen molar-refractivity contribution in [3.63, 3.8) is 0 Å². The van der Waals surface area contributed by atoms with Crippen molar-refractivity contribution in [2.24, 2.45) is 0 Å². The van der Waals surface area contributed by atoms with Gasteiger partial charge in [0.15, 0.2) is 0 Å². The van der Waals surface area contributed by atoms with Crippen LogP contribution in [0.4, 0.5) is 0 Å². The molecule has 0 heterocycles. The van der Waals surface area contributed by atoms with E-state index in [9.17, 15) is 0 Å². The third-order valence-corrected chi connectivity index (χ3v) is 4.34. The summed E-state index contributed by atoms with van der Waals surface area (Å²) in [6, 6.07) is 8.69. The van der Waals surface area contributed by atoms with Crippen molar-refractivity contribution in [3.05, 3.63) is 42.3 Å². The Hall–Kier alpha value is -0.313. The molecule has 0 spiro atoms. The van der Waals surface area contributed by atoms with Gasteiger partial charge in [0.2, 0.25) is 0 Å². The Morgan fingerprint density at radius 3 is 1.50 bits per heavy atom. The Bertz CT molecular complexity index is 328. The SMILES string of the molecule is [CH2-]c1ccc(CCCCCCCCCCCCCC)cc1.[Li+]. The van der Waals surface area contributed by atoms with Crippen LogP contribution in [0, 0.1) is 6.92 Å². The summed E-state index contributed by atoms with van der Waals surface area (Å²) in [5.74, 6) is 0. The predicted molar refractivity (Wildman–Crippen MR) is 95.7 cm³/mol. The van der Waals surface area contributed by atoms with E-state index in [0.29, 0.717) is 0 Å². The van der Waals surface area contributed by atoms with Crippen LogP contribution in [0.5, 0.6) is 0 Å². The molecule has 0 amide bonds. The first-order valence-electron chi connectivity index (χ1n) is 9.24. The summed E-state index contributed by atoms with van der Waals surface area (Å²) in [4.78, 5) is 0. The fourth-order valence-corrected chi connectivity index (χ4v) is 2.88. The maximum Gasteiger partial charge on any atom is 1.00 e. The molecule has 1 aromatic rings. The molecule has 0 saturated carbocycles. The van der Waals surface area contributed by atoms with Crippen molar-refractivity contribution >= 4 is 0 Å². The molecule has 0 atom stereocenters. The molecule has 0 saturated heterocycles. The molecule has 1 aromatic carbocycles. The molecular formula is C21H35Li. The Morgan fingerprint density at radius 1 is 0.636 bits per heavy atom. The van der Waals surface area contributed by atoms with E-state index in [2.05, 4.69) is 38.1 Å². The van der Waals surface area contributed by atoms with E-state index >= 15 is 0 Å². The molecule has 0 N–H and O–H groups in total. The smallest absolute Gasteiger partial charge is 0.199 e. The van der Waals surface area contributed by atoms with Gasteiger partial charge in [0.25, 0.3) is 0 Å². The average molecular weight is 294 g/mol. The van der Waals surface area contributed by atoms with Gasteiger partial charge < -0.3 is 0 Å². The number of unbranched alkanes of at least 4 members (excludes halogenated alkanes) is 11. The summed E-state index contributed by atoms with van der Waals surface area (Å²) in [7, 11) is 0. The van der Waals surface area contributed by atoms with Gasteiger partial charge in [-0.1, -0.05) is 83.1 Å². The fraction of sp³-hybridized carbons (Fsp3) is 0.667. The third kappa shape index (κ3) is 12.3. The number of benzene rings is 1. The van der Waals surface area contributed by atoms with Gasteiger partial charge in [0, 0.05) is 0 Å². The Kier molecular flexibility index (Phi) is 15.4. The molecule has 0 unspecified atom stereocenters. The summed E-state index contributed by atoms with van der Waals surface area (Å²) in [5, 5.41) is 0. The largest absolute Gasteiger partial charge is 1.00 e. The maximum absolute atomic E-state index is 3.93. The molecule has 1 heteroatoms. The topological polar surface area (TPSA) is 0 Å². The Morgan fingerprint density at radius 2 is 1.05 bits per heavy atom. The van der Waals surface area contributed by atoms with Crippen LogP contribution >= 0.6 is 0 Å². The molecule has 0 aliphatic heterocycles.